The van der Waals surface area contributed by atoms with E-state index in [1.807, 2.05) is 0 Å². The molecule has 0 radical (unpaired) electrons. The van der Waals surface area contributed by atoms with Gasteiger partial charge >= 0.3 is 17.1 Å². The van der Waals surface area contributed by atoms with E-state index in [4.69, 9.17) is 0 Å². The van der Waals surface area contributed by atoms with Crippen molar-refractivity contribution in [1.82, 2.24) is 14.5 Å². The summed E-state index contributed by atoms with van der Waals surface area (Å²) in [7, 11) is 0. The highest BCUT2D eigenvalue weighted by molar-refractivity contribution is 4.78. The van der Waals surface area contributed by atoms with Gasteiger partial charge in [-0.3, -0.25) is 9.97 Å². The molecule has 15 heavy (non-hydrogen) atoms. The van der Waals surface area contributed by atoms with E-state index in [0.29, 0.717) is 0 Å². The SMILES string of the molecule is O=c1[nH]c(=O)n(C2CCCCC2)c(=O)[nH]1. The van der Waals surface area contributed by atoms with Crippen molar-refractivity contribution in [3.05, 3.63) is 31.5 Å². The zero-order chi connectivity index (χ0) is 10.8. The van der Waals surface area contributed by atoms with Crippen LogP contribution in [0.4, 0.5) is 0 Å². The molecule has 6 nitrogen and oxygen atoms in total. The molecule has 82 valence electrons. The second-order valence-electron chi connectivity index (χ2n) is 3.85. The van der Waals surface area contributed by atoms with E-state index in [0.717, 1.165) is 36.7 Å². The Hall–Kier alpha value is -1.59. The average molecular weight is 211 g/mol. The van der Waals surface area contributed by atoms with Crippen LogP contribution in [0.2, 0.25) is 0 Å². The molecule has 0 aromatic carbocycles. The molecule has 1 heterocycles. The minimum absolute atomic E-state index is 0.0631. The lowest BCUT2D eigenvalue weighted by molar-refractivity contribution is 0.330. The Morgan fingerprint density at radius 2 is 1.47 bits per heavy atom. The molecule has 0 bridgehead atoms. The first-order valence-corrected chi connectivity index (χ1v) is 5.13. The maximum Gasteiger partial charge on any atom is 0.333 e. The monoisotopic (exact) mass is 211 g/mol. The van der Waals surface area contributed by atoms with Crippen molar-refractivity contribution in [2.75, 3.05) is 0 Å². The van der Waals surface area contributed by atoms with Crippen LogP contribution < -0.4 is 17.1 Å². The Bertz CT molecular complexity index is 470. The molecule has 0 spiro atoms. The summed E-state index contributed by atoms with van der Waals surface area (Å²) >= 11 is 0. The minimum Gasteiger partial charge on any atom is -0.259 e. The zero-order valence-corrected chi connectivity index (χ0v) is 8.28. The van der Waals surface area contributed by atoms with Crippen molar-refractivity contribution in [3.63, 3.8) is 0 Å². The van der Waals surface area contributed by atoms with Crippen LogP contribution in [0.5, 0.6) is 0 Å². The van der Waals surface area contributed by atoms with Crippen molar-refractivity contribution in [2.24, 2.45) is 0 Å². The van der Waals surface area contributed by atoms with Gasteiger partial charge in [-0.2, -0.15) is 0 Å². The summed E-state index contributed by atoms with van der Waals surface area (Å²) in [6.45, 7) is 0. The normalized spacial score (nSPS) is 17.9. The third-order valence-corrected chi connectivity index (χ3v) is 2.82. The fourth-order valence-electron chi connectivity index (χ4n) is 2.11. The van der Waals surface area contributed by atoms with Crippen molar-refractivity contribution >= 4 is 0 Å². The minimum atomic E-state index is -0.739. The van der Waals surface area contributed by atoms with E-state index in [1.54, 1.807) is 0 Å². The van der Waals surface area contributed by atoms with Crippen LogP contribution in [0.1, 0.15) is 38.1 Å². The summed E-state index contributed by atoms with van der Waals surface area (Å²) in [4.78, 5) is 37.9. The number of rotatable bonds is 1. The lowest BCUT2D eigenvalue weighted by Gasteiger charge is -2.21. The maximum atomic E-state index is 11.4. The molecule has 0 aliphatic heterocycles. The first-order valence-electron chi connectivity index (χ1n) is 5.13. The summed E-state index contributed by atoms with van der Waals surface area (Å²) in [6, 6.07) is -0.0631. The van der Waals surface area contributed by atoms with E-state index < -0.39 is 17.1 Å². The quantitative estimate of drug-likeness (QED) is 0.670. The molecule has 0 unspecified atom stereocenters. The molecule has 0 atom stereocenters. The number of aromatic nitrogens is 3. The molecule has 1 aromatic heterocycles. The molecule has 1 aromatic rings. The Kier molecular flexibility index (Phi) is 2.57. The first kappa shape index (κ1) is 9.95. The van der Waals surface area contributed by atoms with E-state index >= 15 is 0 Å². The molecule has 1 aliphatic carbocycles. The van der Waals surface area contributed by atoms with Crippen molar-refractivity contribution in [3.8, 4) is 0 Å². The van der Waals surface area contributed by atoms with Crippen molar-refractivity contribution in [1.29, 1.82) is 0 Å². The van der Waals surface area contributed by atoms with Gasteiger partial charge < -0.3 is 0 Å². The van der Waals surface area contributed by atoms with E-state index in [-0.39, 0.29) is 6.04 Å². The number of hydrogen-bond acceptors (Lipinski definition) is 3. The molecular weight excluding hydrogens is 198 g/mol. The Balaban J connectivity index is 2.47. The van der Waals surface area contributed by atoms with Crippen LogP contribution in [0.25, 0.3) is 0 Å². The number of nitrogens with zero attached hydrogens (tertiary/aromatic N) is 1. The number of H-pyrrole nitrogens is 2. The van der Waals surface area contributed by atoms with Gasteiger partial charge in [0.2, 0.25) is 0 Å². The van der Waals surface area contributed by atoms with Gasteiger partial charge in [0, 0.05) is 6.04 Å². The first-order chi connectivity index (χ1) is 7.18. The van der Waals surface area contributed by atoms with Crippen LogP contribution in [-0.2, 0) is 0 Å². The molecule has 2 rings (SSSR count). The maximum absolute atomic E-state index is 11.4. The lowest BCUT2D eigenvalue weighted by atomic mass is 9.95. The van der Waals surface area contributed by atoms with Crippen LogP contribution >= 0.6 is 0 Å². The average Bonchev–Trinajstić information content (AvgIpc) is 2.17. The summed E-state index contributed by atoms with van der Waals surface area (Å²) in [5, 5.41) is 0. The summed E-state index contributed by atoms with van der Waals surface area (Å²) < 4.78 is 1.13. The Labute approximate surface area is 85.0 Å². The highest BCUT2D eigenvalue weighted by Crippen LogP contribution is 2.25. The van der Waals surface area contributed by atoms with Gasteiger partial charge in [-0.25, -0.2) is 19.0 Å². The van der Waals surface area contributed by atoms with Gasteiger partial charge in [0.05, 0.1) is 0 Å². The molecule has 1 saturated carbocycles. The van der Waals surface area contributed by atoms with Crippen LogP contribution in [-0.4, -0.2) is 14.5 Å². The second kappa shape index (κ2) is 3.88. The molecule has 6 heteroatoms. The zero-order valence-electron chi connectivity index (χ0n) is 8.28. The molecular formula is C9H13N3O3. The Morgan fingerprint density at radius 3 is 2.00 bits per heavy atom. The van der Waals surface area contributed by atoms with Crippen molar-refractivity contribution in [2.45, 2.75) is 38.1 Å². The van der Waals surface area contributed by atoms with Gasteiger partial charge in [0.1, 0.15) is 0 Å². The highest BCUT2D eigenvalue weighted by Gasteiger charge is 2.18. The number of nitrogens with one attached hydrogen (secondary N) is 2. The van der Waals surface area contributed by atoms with Crippen LogP contribution in [0.3, 0.4) is 0 Å². The van der Waals surface area contributed by atoms with E-state index in [9.17, 15) is 14.4 Å². The summed E-state index contributed by atoms with van der Waals surface area (Å²) in [5.74, 6) is 0. The molecule has 2 N–H and O–H groups in total. The third-order valence-electron chi connectivity index (χ3n) is 2.82. The topological polar surface area (TPSA) is 87.7 Å². The fraction of sp³-hybridized carbons (Fsp3) is 0.667. The smallest absolute Gasteiger partial charge is 0.259 e. The van der Waals surface area contributed by atoms with Gasteiger partial charge in [-0.05, 0) is 12.8 Å². The van der Waals surface area contributed by atoms with Crippen LogP contribution in [0, 0.1) is 0 Å². The third kappa shape index (κ3) is 1.93. The second-order valence-corrected chi connectivity index (χ2v) is 3.85. The van der Waals surface area contributed by atoms with E-state index in [1.165, 1.54) is 0 Å². The highest BCUT2D eigenvalue weighted by atomic mass is 16.2. The molecule has 1 fully saturated rings. The fourth-order valence-corrected chi connectivity index (χ4v) is 2.11. The Morgan fingerprint density at radius 1 is 0.933 bits per heavy atom. The van der Waals surface area contributed by atoms with Gasteiger partial charge in [-0.15, -0.1) is 0 Å². The largest absolute Gasteiger partial charge is 0.333 e. The van der Waals surface area contributed by atoms with Gasteiger partial charge in [0.25, 0.3) is 0 Å². The summed E-state index contributed by atoms with van der Waals surface area (Å²) in [6.07, 6.45) is 4.85. The lowest BCUT2D eigenvalue weighted by Crippen LogP contribution is -2.45. The number of aromatic amines is 2. The molecule has 0 saturated heterocycles. The standard InChI is InChI=1S/C9H13N3O3/c13-7-10-8(14)12(9(15)11-7)6-4-2-1-3-5-6/h6H,1-5H2,(H2,10,11,13,14,15). The molecule has 0 amide bonds. The predicted octanol–water partition coefficient (Wildman–Crippen LogP) is -0.270. The summed E-state index contributed by atoms with van der Waals surface area (Å²) in [5.41, 5.74) is -1.94. The van der Waals surface area contributed by atoms with Gasteiger partial charge in [0.15, 0.2) is 0 Å². The predicted molar refractivity (Wildman–Crippen MR) is 54.1 cm³/mol. The molecule has 1 aliphatic rings. The van der Waals surface area contributed by atoms with Gasteiger partial charge in [-0.1, -0.05) is 19.3 Å². The van der Waals surface area contributed by atoms with E-state index in [2.05, 4.69) is 9.97 Å². The number of hydrogen-bond donors (Lipinski definition) is 2. The van der Waals surface area contributed by atoms with Crippen molar-refractivity contribution < 1.29 is 0 Å². The van der Waals surface area contributed by atoms with Crippen LogP contribution in [0.15, 0.2) is 14.4 Å².